The van der Waals surface area contributed by atoms with Gasteiger partial charge in [0.15, 0.2) is 0 Å². The van der Waals surface area contributed by atoms with Crippen molar-refractivity contribution in [1.82, 2.24) is 5.32 Å². The average molecular weight is 287 g/mol. The van der Waals surface area contributed by atoms with Gasteiger partial charge in [0.2, 0.25) is 0 Å². The van der Waals surface area contributed by atoms with Crippen molar-refractivity contribution in [2.45, 2.75) is 31.1 Å². The summed E-state index contributed by atoms with van der Waals surface area (Å²) in [6, 6.07) is 8.30. The van der Waals surface area contributed by atoms with E-state index in [-0.39, 0.29) is 5.41 Å². The second kappa shape index (κ2) is 6.90. The molecule has 114 valence electrons. The Hall–Kier alpha value is -1.61. The number of rotatable bonds is 2. The normalized spacial score (nSPS) is 28.0. The van der Waals surface area contributed by atoms with Crippen LogP contribution < -0.4 is 10.1 Å². The van der Waals surface area contributed by atoms with E-state index in [1.165, 1.54) is 5.56 Å². The third kappa shape index (κ3) is 3.03. The van der Waals surface area contributed by atoms with E-state index in [9.17, 15) is 4.79 Å². The van der Waals surface area contributed by atoms with Crippen LogP contribution in [0.2, 0.25) is 0 Å². The van der Waals surface area contributed by atoms with Gasteiger partial charge in [0.05, 0.1) is 7.11 Å². The maximum absolute atomic E-state index is 12.0. The van der Waals surface area contributed by atoms with Crippen LogP contribution in [0.15, 0.2) is 37.4 Å². The second-order valence-corrected chi connectivity index (χ2v) is 5.79. The number of hydrogen-bond acceptors (Lipinski definition) is 3. The second-order valence-electron chi connectivity index (χ2n) is 5.79. The first-order chi connectivity index (χ1) is 10.2. The van der Waals surface area contributed by atoms with Crippen LogP contribution in [0.4, 0.5) is 0 Å². The number of hydrogen-bond donors (Lipinski definition) is 1. The van der Waals surface area contributed by atoms with Crippen LogP contribution in [0.5, 0.6) is 5.75 Å². The Balaban J connectivity index is 0.000000774. The summed E-state index contributed by atoms with van der Waals surface area (Å²) in [6.07, 6.45) is 3.52. The van der Waals surface area contributed by atoms with Gasteiger partial charge in [-0.05, 0) is 49.5 Å². The molecule has 1 aromatic rings. The summed E-state index contributed by atoms with van der Waals surface area (Å²) < 4.78 is 5.35. The van der Waals surface area contributed by atoms with Gasteiger partial charge < -0.3 is 10.1 Å². The Labute approximate surface area is 127 Å². The Morgan fingerprint density at radius 3 is 2.95 bits per heavy atom. The van der Waals surface area contributed by atoms with Gasteiger partial charge in [-0.15, -0.1) is 13.2 Å². The van der Waals surface area contributed by atoms with E-state index in [2.05, 4.69) is 30.6 Å². The monoisotopic (exact) mass is 287 g/mol. The zero-order valence-electron chi connectivity index (χ0n) is 12.9. The fraction of sp³-hybridized carbons (Fsp3) is 0.500. The summed E-state index contributed by atoms with van der Waals surface area (Å²) in [5.74, 6) is 1.88. The number of ketones is 1. The lowest BCUT2D eigenvalue weighted by molar-refractivity contribution is -0.124. The molecule has 1 heterocycles. The van der Waals surface area contributed by atoms with Gasteiger partial charge in [0.1, 0.15) is 11.5 Å². The third-order valence-corrected chi connectivity index (χ3v) is 4.85. The number of carbonyl (C=O) groups is 1. The highest BCUT2D eigenvalue weighted by Crippen LogP contribution is 2.46. The summed E-state index contributed by atoms with van der Waals surface area (Å²) in [4.78, 5) is 12.0. The molecule has 1 saturated heterocycles. The lowest BCUT2D eigenvalue weighted by atomic mass is 9.59. The summed E-state index contributed by atoms with van der Waals surface area (Å²) >= 11 is 0. The molecular weight excluding hydrogens is 262 g/mol. The minimum Gasteiger partial charge on any atom is -0.497 e. The molecule has 0 radical (unpaired) electrons. The van der Waals surface area contributed by atoms with Crippen LogP contribution in [0.1, 0.15) is 31.2 Å². The van der Waals surface area contributed by atoms with Crippen molar-refractivity contribution in [1.29, 1.82) is 0 Å². The molecule has 0 spiro atoms. The fourth-order valence-electron chi connectivity index (χ4n) is 3.79. The molecule has 1 aliphatic heterocycles. The Morgan fingerprint density at radius 2 is 2.19 bits per heavy atom. The molecule has 2 atom stereocenters. The van der Waals surface area contributed by atoms with Gasteiger partial charge in [-0.2, -0.15) is 0 Å². The minimum absolute atomic E-state index is 0.0368. The molecule has 2 fully saturated rings. The molecule has 1 aromatic carbocycles. The zero-order chi connectivity index (χ0) is 15.3. The summed E-state index contributed by atoms with van der Waals surface area (Å²) in [5, 5.41) is 3.48. The van der Waals surface area contributed by atoms with Crippen LogP contribution in [0.25, 0.3) is 0 Å². The van der Waals surface area contributed by atoms with Crippen LogP contribution in [-0.4, -0.2) is 26.0 Å². The lowest BCUT2D eigenvalue weighted by Gasteiger charge is -2.47. The van der Waals surface area contributed by atoms with Gasteiger partial charge in [-0.3, -0.25) is 4.79 Å². The van der Waals surface area contributed by atoms with E-state index in [4.69, 9.17) is 4.74 Å². The van der Waals surface area contributed by atoms with Crippen LogP contribution in [-0.2, 0) is 10.2 Å². The number of benzene rings is 1. The Morgan fingerprint density at radius 1 is 1.38 bits per heavy atom. The van der Waals surface area contributed by atoms with Gasteiger partial charge in [-0.1, -0.05) is 12.1 Å². The molecule has 3 nitrogen and oxygen atoms in total. The smallest absolute Gasteiger partial charge is 0.133 e. The van der Waals surface area contributed by atoms with E-state index < -0.39 is 0 Å². The fourth-order valence-corrected chi connectivity index (χ4v) is 3.79. The molecule has 0 unspecified atom stereocenters. The molecule has 0 bridgehead atoms. The van der Waals surface area contributed by atoms with E-state index in [1.54, 1.807) is 7.11 Å². The molecular formula is C18H25NO2. The van der Waals surface area contributed by atoms with Crippen LogP contribution in [0.3, 0.4) is 0 Å². The molecule has 3 heteroatoms. The van der Waals surface area contributed by atoms with Crippen LogP contribution in [0, 0.1) is 5.92 Å². The third-order valence-electron chi connectivity index (χ3n) is 4.85. The van der Waals surface area contributed by atoms with Crippen molar-refractivity contribution in [2.75, 3.05) is 20.2 Å². The van der Waals surface area contributed by atoms with Crippen molar-refractivity contribution >= 4 is 5.78 Å². The molecule has 1 N–H and O–H groups in total. The van der Waals surface area contributed by atoms with Crippen molar-refractivity contribution in [2.24, 2.45) is 5.92 Å². The predicted molar refractivity (Wildman–Crippen MR) is 85.8 cm³/mol. The molecule has 3 rings (SSSR count). The molecule has 0 amide bonds. The summed E-state index contributed by atoms with van der Waals surface area (Å²) in [5.41, 5.74) is 1.32. The molecule has 2 aliphatic rings. The van der Waals surface area contributed by atoms with Crippen molar-refractivity contribution < 1.29 is 9.53 Å². The number of methoxy groups -OCH3 is 1. The number of Topliss-reactive ketones (excluding diaryl/α,β-unsaturated/α-hetero) is 1. The first-order valence-electron chi connectivity index (χ1n) is 7.61. The van der Waals surface area contributed by atoms with Gasteiger partial charge in [0, 0.05) is 18.3 Å². The largest absolute Gasteiger partial charge is 0.497 e. The standard InChI is InChI=1S/C16H21NO2.C2H4/c1-19-15-4-2-3-12(9-15)16-7-8-17-11-13(16)5-6-14(18)10-16;1-2/h2-4,9,13,17H,5-8,10-11H2,1H3;1-2H2/t13-,16-;/m0./s1. The minimum atomic E-state index is 0.0368. The maximum Gasteiger partial charge on any atom is 0.133 e. The number of fused-ring (bicyclic) bond motifs is 1. The number of piperidine rings is 1. The number of nitrogens with one attached hydrogen (secondary N) is 1. The molecule has 0 aromatic heterocycles. The van der Waals surface area contributed by atoms with E-state index >= 15 is 0 Å². The SMILES string of the molecule is C=C.COc1cccc([C@@]23CCNC[C@@H]2CCC(=O)C3)c1. The summed E-state index contributed by atoms with van der Waals surface area (Å²) in [7, 11) is 1.70. The van der Waals surface area contributed by atoms with Crippen molar-refractivity contribution in [3.63, 3.8) is 0 Å². The predicted octanol–water partition coefficient (Wildman–Crippen LogP) is 3.10. The highest BCUT2D eigenvalue weighted by molar-refractivity contribution is 5.81. The molecule has 1 aliphatic carbocycles. The van der Waals surface area contributed by atoms with E-state index in [0.717, 1.165) is 38.1 Å². The summed E-state index contributed by atoms with van der Waals surface area (Å²) in [6.45, 7) is 8.03. The highest BCUT2D eigenvalue weighted by atomic mass is 16.5. The molecule has 21 heavy (non-hydrogen) atoms. The maximum atomic E-state index is 12.0. The topological polar surface area (TPSA) is 38.3 Å². The van der Waals surface area contributed by atoms with Gasteiger partial charge >= 0.3 is 0 Å². The first kappa shape index (κ1) is 15.8. The van der Waals surface area contributed by atoms with Gasteiger partial charge in [0.25, 0.3) is 0 Å². The Bertz CT molecular complexity index is 500. The van der Waals surface area contributed by atoms with Gasteiger partial charge in [-0.25, -0.2) is 0 Å². The molecule has 1 saturated carbocycles. The van der Waals surface area contributed by atoms with E-state index in [1.807, 2.05) is 12.1 Å². The Kier molecular flexibility index (Phi) is 5.18. The highest BCUT2D eigenvalue weighted by Gasteiger charge is 2.46. The quantitative estimate of drug-likeness (QED) is 0.849. The number of ether oxygens (including phenoxy) is 1. The zero-order valence-corrected chi connectivity index (χ0v) is 12.9. The van der Waals surface area contributed by atoms with Crippen molar-refractivity contribution in [3.8, 4) is 5.75 Å². The lowest BCUT2D eigenvalue weighted by Crippen LogP contribution is -2.51. The van der Waals surface area contributed by atoms with Crippen LogP contribution >= 0.6 is 0 Å². The average Bonchev–Trinajstić information content (AvgIpc) is 2.56. The first-order valence-corrected chi connectivity index (χ1v) is 7.61. The number of carbonyl (C=O) groups excluding carboxylic acids is 1. The van der Waals surface area contributed by atoms with E-state index in [0.29, 0.717) is 18.1 Å². The van der Waals surface area contributed by atoms with Crippen molar-refractivity contribution in [3.05, 3.63) is 43.0 Å².